The number of nitrogens with two attached hydrogens (primary N) is 1. The molecule has 0 unspecified atom stereocenters. The molecule has 6 heteroatoms. The summed E-state index contributed by atoms with van der Waals surface area (Å²) in [6, 6.07) is 0. The molecule has 0 aromatic rings. The number of rotatable bonds is 3. The molecule has 0 aliphatic rings. The fourth-order valence-electron chi connectivity index (χ4n) is 0.146. The Kier molecular flexibility index (Phi) is 4.31. The summed E-state index contributed by atoms with van der Waals surface area (Å²) in [5.74, 6) is 0. The number of nitrogens with one attached hydrogen (secondary N) is 1. The van der Waals surface area contributed by atoms with Gasteiger partial charge in [-0.05, 0) is 6.26 Å². The van der Waals surface area contributed by atoms with Gasteiger partial charge in [0.15, 0.2) is 0 Å². The summed E-state index contributed by atoms with van der Waals surface area (Å²) in [4.78, 5) is 7.17. The Morgan fingerprint density at radius 1 is 1.75 bits per heavy atom. The van der Waals surface area contributed by atoms with Crippen LogP contribution in [0.4, 0.5) is 0 Å². The average Bonchev–Trinajstić information content (AvgIpc) is 1.59. The van der Waals surface area contributed by atoms with Crippen LogP contribution in [0.2, 0.25) is 0 Å². The van der Waals surface area contributed by atoms with Crippen molar-refractivity contribution >= 4 is 31.6 Å². The summed E-state index contributed by atoms with van der Waals surface area (Å²) < 4.78 is 0. The van der Waals surface area contributed by atoms with Crippen LogP contribution in [0.5, 0.6) is 0 Å². The molecule has 0 aromatic heterocycles. The van der Waals surface area contributed by atoms with Crippen molar-refractivity contribution in [2.24, 2.45) is 5.73 Å². The molecule has 0 aliphatic heterocycles. The Labute approximate surface area is 60.4 Å². The van der Waals surface area contributed by atoms with Crippen LogP contribution in [-0.4, -0.2) is 13.0 Å². The quantitative estimate of drug-likeness (QED) is 0.218. The van der Waals surface area contributed by atoms with Crippen LogP contribution < -0.4 is 10.6 Å². The predicted octanol–water partition coefficient (Wildman–Crippen LogP) is 0.463. The van der Waals surface area contributed by atoms with Crippen LogP contribution in [0.3, 0.4) is 0 Å². The van der Waals surface area contributed by atoms with E-state index < -0.39 is 8.28 Å². The van der Waals surface area contributed by atoms with Crippen LogP contribution in [-0.2, 0) is 4.84 Å². The van der Waals surface area contributed by atoms with Crippen LogP contribution >= 0.6 is 31.6 Å². The van der Waals surface area contributed by atoms with Crippen LogP contribution in [0, 0.1) is 0 Å². The van der Waals surface area contributed by atoms with Crippen molar-refractivity contribution < 1.29 is 4.84 Å². The number of hydrogen-bond donors (Lipinski definition) is 4. The molecular weight excluding hydrogens is 164 g/mol. The van der Waals surface area contributed by atoms with Crippen molar-refractivity contribution in [2.45, 2.75) is 0 Å². The average molecular weight is 174 g/mol. The lowest BCUT2D eigenvalue weighted by molar-refractivity contribution is 0.107. The predicted molar refractivity (Wildman–Crippen MR) is 44.8 cm³/mol. The third-order valence-electron chi connectivity index (χ3n) is 0.300. The molecule has 0 saturated carbocycles. The molecule has 0 spiro atoms. The van der Waals surface area contributed by atoms with Gasteiger partial charge in [-0.25, -0.2) is 0 Å². The van der Waals surface area contributed by atoms with E-state index in [9.17, 15) is 0 Å². The Morgan fingerprint density at radius 3 is 2.38 bits per heavy atom. The van der Waals surface area contributed by atoms with E-state index in [-0.39, 0.29) is 6.73 Å². The smallest absolute Gasteiger partial charge is 0.117 e. The first-order valence-electron chi connectivity index (χ1n) is 1.88. The third-order valence-corrected chi connectivity index (χ3v) is 1.18. The standard InChI is InChI=1S/C2H10N2OS3/c1-8(6,7)4-5-2-3/h4,6-7H,2-3H2,1H3. The maximum absolute atomic E-state index is 5.00. The zero-order valence-electron chi connectivity index (χ0n) is 4.50. The lowest BCUT2D eigenvalue weighted by atomic mass is 11.4. The topological polar surface area (TPSA) is 47.3 Å². The lowest BCUT2D eigenvalue weighted by Gasteiger charge is -2.21. The molecule has 8 heavy (non-hydrogen) atoms. The zero-order valence-corrected chi connectivity index (χ0v) is 7.10. The normalized spacial score (nSPS) is 14.0. The molecular formula is C2H10N2OS3. The third kappa shape index (κ3) is 6.93. The van der Waals surface area contributed by atoms with Crippen LogP contribution in [0.15, 0.2) is 0 Å². The van der Waals surface area contributed by atoms with Gasteiger partial charge in [0.25, 0.3) is 0 Å². The molecule has 0 atom stereocenters. The van der Waals surface area contributed by atoms with Gasteiger partial charge in [0.1, 0.15) is 6.73 Å². The number of thiol groups is 2. The minimum absolute atomic E-state index is 0.143. The van der Waals surface area contributed by atoms with Crippen molar-refractivity contribution in [3.8, 4) is 0 Å². The van der Waals surface area contributed by atoms with Gasteiger partial charge in [0.2, 0.25) is 0 Å². The van der Waals surface area contributed by atoms with Crippen LogP contribution in [0.1, 0.15) is 0 Å². The Hall–Kier alpha value is 0.930. The summed E-state index contributed by atoms with van der Waals surface area (Å²) in [6.07, 6.45) is 1.81. The zero-order chi connectivity index (χ0) is 6.62. The van der Waals surface area contributed by atoms with Gasteiger partial charge in [0, 0.05) is 0 Å². The molecule has 0 bridgehead atoms. The highest BCUT2D eigenvalue weighted by Gasteiger charge is 2.02. The maximum Gasteiger partial charge on any atom is 0.117 e. The van der Waals surface area contributed by atoms with Crippen molar-refractivity contribution in [1.82, 2.24) is 4.89 Å². The van der Waals surface area contributed by atoms with E-state index in [1.54, 1.807) is 0 Å². The molecule has 52 valence electrons. The second kappa shape index (κ2) is 3.86. The largest absolute Gasteiger partial charge is 0.307 e. The molecule has 0 heterocycles. The van der Waals surface area contributed by atoms with E-state index in [1.807, 2.05) is 6.26 Å². The van der Waals surface area contributed by atoms with Gasteiger partial charge in [-0.3, -0.25) is 4.84 Å². The number of hydrogen-bond acceptors (Lipinski definition) is 5. The van der Waals surface area contributed by atoms with Crippen molar-refractivity contribution in [3.05, 3.63) is 0 Å². The minimum Gasteiger partial charge on any atom is -0.307 e. The van der Waals surface area contributed by atoms with E-state index in [2.05, 4.69) is 33.0 Å². The van der Waals surface area contributed by atoms with Gasteiger partial charge < -0.3 is 5.73 Å². The van der Waals surface area contributed by atoms with Gasteiger partial charge in [0.05, 0.1) is 0 Å². The molecule has 0 radical (unpaired) electrons. The summed E-state index contributed by atoms with van der Waals surface area (Å²) >= 11 is 8.09. The Morgan fingerprint density at radius 2 is 2.25 bits per heavy atom. The molecule has 0 aliphatic carbocycles. The van der Waals surface area contributed by atoms with Gasteiger partial charge in [-0.1, -0.05) is 8.28 Å². The molecule has 0 aromatic carbocycles. The second-order valence-corrected chi connectivity index (χ2v) is 8.31. The van der Waals surface area contributed by atoms with Gasteiger partial charge >= 0.3 is 0 Å². The molecule has 0 amide bonds. The summed E-state index contributed by atoms with van der Waals surface area (Å²) in [6.45, 7) is 0.143. The summed E-state index contributed by atoms with van der Waals surface area (Å²) in [5.41, 5.74) is 5.00. The molecule has 0 fully saturated rings. The summed E-state index contributed by atoms with van der Waals surface area (Å²) in [7, 11) is -1.35. The highest BCUT2D eigenvalue weighted by Crippen LogP contribution is 2.48. The first kappa shape index (κ1) is 8.93. The second-order valence-electron chi connectivity index (χ2n) is 1.23. The van der Waals surface area contributed by atoms with E-state index >= 15 is 0 Å². The van der Waals surface area contributed by atoms with Crippen molar-refractivity contribution in [3.63, 3.8) is 0 Å². The summed E-state index contributed by atoms with van der Waals surface area (Å²) in [5, 5.41) is 0. The van der Waals surface area contributed by atoms with Crippen molar-refractivity contribution in [1.29, 1.82) is 0 Å². The molecule has 3 nitrogen and oxygen atoms in total. The minimum atomic E-state index is -1.35. The first-order chi connectivity index (χ1) is 3.56. The van der Waals surface area contributed by atoms with E-state index in [4.69, 9.17) is 5.73 Å². The fourth-order valence-corrected chi connectivity index (χ4v) is 0.753. The van der Waals surface area contributed by atoms with Gasteiger partial charge in [-0.2, -0.15) is 0 Å². The van der Waals surface area contributed by atoms with E-state index in [0.29, 0.717) is 0 Å². The molecule has 0 rings (SSSR count). The van der Waals surface area contributed by atoms with Gasteiger partial charge in [-0.15, -0.1) is 28.2 Å². The van der Waals surface area contributed by atoms with Crippen molar-refractivity contribution in [2.75, 3.05) is 13.0 Å². The fraction of sp³-hybridized carbons (Fsp3) is 1.00. The molecule has 3 N–H and O–H groups in total. The maximum atomic E-state index is 5.00. The monoisotopic (exact) mass is 174 g/mol. The highest BCUT2D eigenvalue weighted by molar-refractivity contribution is 9.16. The Bertz CT molecular complexity index is 62.8. The SMILES string of the molecule is CS(S)(S)NOCN. The highest BCUT2D eigenvalue weighted by atomic mass is 33.5. The van der Waals surface area contributed by atoms with E-state index in [0.717, 1.165) is 0 Å². The lowest BCUT2D eigenvalue weighted by Crippen LogP contribution is -2.17. The first-order valence-corrected chi connectivity index (χ1v) is 6.02. The molecule has 0 saturated heterocycles. The van der Waals surface area contributed by atoms with Crippen LogP contribution in [0.25, 0.3) is 0 Å². The van der Waals surface area contributed by atoms with E-state index in [1.165, 1.54) is 0 Å². The Balaban J connectivity index is 3.11.